The van der Waals surface area contributed by atoms with Crippen LogP contribution in [0, 0.1) is 0 Å². The zero-order valence-corrected chi connectivity index (χ0v) is 10.3. The Morgan fingerprint density at radius 3 is 2.94 bits per heavy atom. The molecule has 3 amide bonds. The minimum Gasteiger partial charge on any atom is -0.326 e. The minimum atomic E-state index is -0.310. The predicted octanol–water partition coefficient (Wildman–Crippen LogP) is 0.219. The number of nitrogens with two attached hydrogens (primary N) is 1. The zero-order valence-electron chi connectivity index (χ0n) is 9.47. The highest BCUT2D eigenvalue weighted by Crippen LogP contribution is 2.20. The van der Waals surface area contributed by atoms with Gasteiger partial charge in [-0.2, -0.15) is 0 Å². The summed E-state index contributed by atoms with van der Waals surface area (Å²) in [6.07, 6.45) is 0. The van der Waals surface area contributed by atoms with E-state index in [-0.39, 0.29) is 11.9 Å². The number of nitrogen functional groups attached to an aromatic ring is 1. The number of rotatable bonds is 3. The number of hydrogen-bond donors (Lipinski definition) is 2. The van der Waals surface area contributed by atoms with Gasteiger partial charge in [0.2, 0.25) is 0 Å². The standard InChI is InChI=1S/C10H14N4O2S/c1-13-3-4-14(10(13)16)6-7-2-5-17-8(7)9(15)12-11/h2,5H,3-4,6,11H2,1H3,(H,12,15). The minimum absolute atomic E-state index is 0.00435. The second-order valence-electron chi connectivity index (χ2n) is 3.87. The molecule has 1 aliphatic rings. The molecule has 1 fully saturated rings. The fourth-order valence-electron chi connectivity index (χ4n) is 1.78. The van der Waals surface area contributed by atoms with E-state index >= 15 is 0 Å². The molecule has 6 nitrogen and oxygen atoms in total. The normalized spacial score (nSPS) is 15.5. The first-order valence-corrected chi connectivity index (χ1v) is 6.09. The van der Waals surface area contributed by atoms with Gasteiger partial charge in [-0.3, -0.25) is 10.2 Å². The largest absolute Gasteiger partial charge is 0.326 e. The summed E-state index contributed by atoms with van der Waals surface area (Å²) in [5, 5.41) is 1.82. The maximum atomic E-state index is 11.7. The van der Waals surface area contributed by atoms with E-state index in [1.54, 1.807) is 16.8 Å². The molecule has 0 saturated carbocycles. The molecule has 0 spiro atoms. The van der Waals surface area contributed by atoms with Gasteiger partial charge in [-0.15, -0.1) is 11.3 Å². The smallest absolute Gasteiger partial charge is 0.320 e. The summed E-state index contributed by atoms with van der Waals surface area (Å²) in [7, 11) is 1.77. The SMILES string of the molecule is CN1CCN(Cc2ccsc2C(=O)NN)C1=O. The number of hydrazine groups is 1. The Bertz CT molecular complexity index is 445. The van der Waals surface area contributed by atoms with E-state index in [4.69, 9.17) is 5.84 Å². The first-order valence-electron chi connectivity index (χ1n) is 5.21. The number of nitrogens with zero attached hydrogens (tertiary/aromatic N) is 2. The quantitative estimate of drug-likeness (QED) is 0.460. The first-order chi connectivity index (χ1) is 8.13. The Morgan fingerprint density at radius 2 is 2.35 bits per heavy atom. The summed E-state index contributed by atoms with van der Waals surface area (Å²) >= 11 is 1.32. The van der Waals surface area contributed by atoms with Crippen LogP contribution < -0.4 is 11.3 Å². The molecule has 92 valence electrons. The fourth-order valence-corrected chi connectivity index (χ4v) is 2.60. The molecule has 3 N–H and O–H groups in total. The number of amides is 3. The average molecular weight is 254 g/mol. The number of carbonyl (C=O) groups excluding carboxylic acids is 2. The van der Waals surface area contributed by atoms with Crippen molar-refractivity contribution in [1.29, 1.82) is 0 Å². The molecule has 17 heavy (non-hydrogen) atoms. The molecule has 1 aromatic rings. The van der Waals surface area contributed by atoms with Crippen molar-refractivity contribution in [3.63, 3.8) is 0 Å². The second-order valence-corrected chi connectivity index (χ2v) is 4.79. The Hall–Kier alpha value is -1.60. The van der Waals surface area contributed by atoms with E-state index in [0.29, 0.717) is 18.0 Å². The van der Waals surface area contributed by atoms with Gasteiger partial charge < -0.3 is 9.80 Å². The van der Waals surface area contributed by atoms with Crippen molar-refractivity contribution in [3.8, 4) is 0 Å². The van der Waals surface area contributed by atoms with E-state index in [1.165, 1.54) is 11.3 Å². The van der Waals surface area contributed by atoms with Crippen LogP contribution in [0.2, 0.25) is 0 Å². The molecule has 1 saturated heterocycles. The average Bonchev–Trinajstić information content (AvgIpc) is 2.90. The molecule has 1 aromatic heterocycles. The van der Waals surface area contributed by atoms with Gasteiger partial charge in [0.1, 0.15) is 0 Å². The first kappa shape index (κ1) is 11.9. The van der Waals surface area contributed by atoms with Crippen LogP contribution in [0.1, 0.15) is 15.2 Å². The lowest BCUT2D eigenvalue weighted by Gasteiger charge is -2.15. The van der Waals surface area contributed by atoms with Gasteiger partial charge in [0.15, 0.2) is 0 Å². The summed E-state index contributed by atoms with van der Waals surface area (Å²) < 4.78 is 0. The number of carbonyl (C=O) groups is 2. The number of thiophene rings is 1. The van der Waals surface area contributed by atoms with Crippen molar-refractivity contribution in [2.24, 2.45) is 5.84 Å². The molecule has 7 heteroatoms. The van der Waals surface area contributed by atoms with Gasteiger partial charge in [-0.1, -0.05) is 0 Å². The van der Waals surface area contributed by atoms with E-state index < -0.39 is 0 Å². The van der Waals surface area contributed by atoms with Crippen LogP contribution in [0.25, 0.3) is 0 Å². The molecule has 0 radical (unpaired) electrons. The third-order valence-corrected chi connectivity index (χ3v) is 3.70. The highest BCUT2D eigenvalue weighted by Gasteiger charge is 2.26. The van der Waals surface area contributed by atoms with Crippen molar-refractivity contribution in [2.45, 2.75) is 6.54 Å². The van der Waals surface area contributed by atoms with Gasteiger partial charge >= 0.3 is 6.03 Å². The van der Waals surface area contributed by atoms with E-state index in [1.807, 2.05) is 11.4 Å². The molecule has 0 atom stereocenters. The van der Waals surface area contributed by atoms with E-state index in [9.17, 15) is 9.59 Å². The lowest BCUT2D eigenvalue weighted by molar-refractivity contribution is 0.0956. The number of likely N-dealkylation sites (N-methyl/N-ethyl adjacent to an activating group) is 1. The van der Waals surface area contributed by atoms with Crippen LogP contribution in [0.5, 0.6) is 0 Å². The lowest BCUT2D eigenvalue weighted by Crippen LogP contribution is -2.32. The van der Waals surface area contributed by atoms with Crippen molar-refractivity contribution in [1.82, 2.24) is 15.2 Å². The molecular weight excluding hydrogens is 240 g/mol. The fraction of sp³-hybridized carbons (Fsp3) is 0.400. The van der Waals surface area contributed by atoms with Crippen molar-refractivity contribution in [2.75, 3.05) is 20.1 Å². The third kappa shape index (κ3) is 2.25. The summed E-state index contributed by atoms with van der Waals surface area (Å²) in [6, 6.07) is 1.84. The van der Waals surface area contributed by atoms with E-state index in [2.05, 4.69) is 5.43 Å². The number of hydrogen-bond acceptors (Lipinski definition) is 4. The molecule has 2 rings (SSSR count). The highest BCUT2D eigenvalue weighted by molar-refractivity contribution is 7.12. The molecule has 0 aliphatic carbocycles. The maximum absolute atomic E-state index is 11.7. The molecular formula is C10H14N4O2S. The van der Waals surface area contributed by atoms with Crippen LogP contribution in [0.4, 0.5) is 4.79 Å². The van der Waals surface area contributed by atoms with Crippen LogP contribution >= 0.6 is 11.3 Å². The highest BCUT2D eigenvalue weighted by atomic mass is 32.1. The third-order valence-electron chi connectivity index (χ3n) is 2.75. The van der Waals surface area contributed by atoms with Crippen LogP contribution in [0.15, 0.2) is 11.4 Å². The van der Waals surface area contributed by atoms with Gasteiger partial charge in [0.25, 0.3) is 5.91 Å². The predicted molar refractivity (Wildman–Crippen MR) is 64.4 cm³/mol. The van der Waals surface area contributed by atoms with Gasteiger partial charge in [-0.25, -0.2) is 10.6 Å². The number of nitrogens with one attached hydrogen (secondary N) is 1. The monoisotopic (exact) mass is 254 g/mol. The Kier molecular flexibility index (Phi) is 3.30. The Labute approximate surface area is 103 Å². The Morgan fingerprint density at radius 1 is 1.59 bits per heavy atom. The Balaban J connectivity index is 2.12. The lowest BCUT2D eigenvalue weighted by atomic mass is 10.2. The molecule has 0 bridgehead atoms. The molecule has 1 aliphatic heterocycles. The molecule has 2 heterocycles. The van der Waals surface area contributed by atoms with Gasteiger partial charge in [0.05, 0.1) is 4.88 Å². The zero-order chi connectivity index (χ0) is 12.4. The number of urea groups is 1. The summed E-state index contributed by atoms with van der Waals surface area (Å²) in [5.41, 5.74) is 2.95. The summed E-state index contributed by atoms with van der Waals surface area (Å²) in [4.78, 5) is 27.1. The van der Waals surface area contributed by atoms with Crippen molar-refractivity contribution < 1.29 is 9.59 Å². The second kappa shape index (κ2) is 4.72. The van der Waals surface area contributed by atoms with Crippen LogP contribution in [0.3, 0.4) is 0 Å². The van der Waals surface area contributed by atoms with Gasteiger partial charge in [0, 0.05) is 26.7 Å². The molecule has 0 aromatic carbocycles. The molecule has 0 unspecified atom stereocenters. The van der Waals surface area contributed by atoms with Crippen LogP contribution in [-0.4, -0.2) is 41.9 Å². The maximum Gasteiger partial charge on any atom is 0.320 e. The topological polar surface area (TPSA) is 78.7 Å². The van der Waals surface area contributed by atoms with Gasteiger partial charge in [-0.05, 0) is 17.0 Å². The van der Waals surface area contributed by atoms with Crippen LogP contribution in [-0.2, 0) is 6.54 Å². The summed E-state index contributed by atoms with van der Waals surface area (Å²) in [6.45, 7) is 1.87. The van der Waals surface area contributed by atoms with Crippen molar-refractivity contribution >= 4 is 23.3 Å². The summed E-state index contributed by atoms with van der Waals surface area (Å²) in [5.74, 6) is 4.80. The van der Waals surface area contributed by atoms with Crippen molar-refractivity contribution in [3.05, 3.63) is 21.9 Å². The van der Waals surface area contributed by atoms with E-state index in [0.717, 1.165) is 12.1 Å².